The molecule has 1 aliphatic rings. The molecule has 1 aliphatic heterocycles. The number of aryl methyl sites for hydroxylation is 1. The van der Waals surface area contributed by atoms with Crippen LogP contribution >= 0.6 is 34.4 Å². The highest BCUT2D eigenvalue weighted by atomic mass is 127. The number of hydrogen-bond acceptors (Lipinski definition) is 4. The molecule has 0 unspecified atom stereocenters. The van der Waals surface area contributed by atoms with Gasteiger partial charge in [-0.3, -0.25) is 4.79 Å². The first-order chi connectivity index (χ1) is 11.6. The zero-order valence-electron chi connectivity index (χ0n) is 12.8. The molecule has 0 atom stereocenters. The van der Waals surface area contributed by atoms with Crippen LogP contribution in [0.5, 0.6) is 0 Å². The molecule has 1 heterocycles. The van der Waals surface area contributed by atoms with Crippen LogP contribution in [0, 0.1) is 21.8 Å². The molecular weight excluding hydrogens is 431 g/mol. The fraction of sp³-hybridized carbons (Fsp3) is 0.0526. The van der Waals surface area contributed by atoms with Crippen molar-refractivity contribution in [2.45, 2.75) is 6.92 Å². The molecule has 3 nitrogen and oxygen atoms in total. The van der Waals surface area contributed by atoms with Gasteiger partial charge >= 0.3 is 0 Å². The molecule has 3 rings (SSSR count). The van der Waals surface area contributed by atoms with Gasteiger partial charge in [0.25, 0.3) is 0 Å². The summed E-state index contributed by atoms with van der Waals surface area (Å²) in [5.41, 5.74) is 3.81. The normalized spacial score (nSPS) is 15.3. The monoisotopic (exact) mass is 444 g/mol. The van der Waals surface area contributed by atoms with Gasteiger partial charge in [-0.1, -0.05) is 48.2 Å². The lowest BCUT2D eigenvalue weighted by molar-refractivity contribution is 0.103. The molecule has 0 amide bonds. The number of Topliss-reactive ketones (excluding diaryl/α,β-unsaturated/α-hetero) is 1. The van der Waals surface area contributed by atoms with Crippen molar-refractivity contribution < 1.29 is 4.79 Å². The molecule has 2 aromatic rings. The third-order valence-electron chi connectivity index (χ3n) is 3.66. The van der Waals surface area contributed by atoms with Gasteiger partial charge in [-0.2, -0.15) is 5.26 Å². The summed E-state index contributed by atoms with van der Waals surface area (Å²) < 4.78 is 0.837. The highest BCUT2D eigenvalue weighted by Crippen LogP contribution is 2.34. The Morgan fingerprint density at radius 2 is 1.88 bits per heavy atom. The summed E-state index contributed by atoms with van der Waals surface area (Å²) in [6, 6.07) is 17.4. The number of nitrogens with zero attached hydrogens (tertiary/aromatic N) is 1. The van der Waals surface area contributed by atoms with Crippen LogP contribution in [0.3, 0.4) is 0 Å². The van der Waals surface area contributed by atoms with E-state index in [1.807, 2.05) is 48.7 Å². The van der Waals surface area contributed by atoms with E-state index in [1.54, 1.807) is 12.1 Å². The van der Waals surface area contributed by atoms with Gasteiger partial charge in [0, 0.05) is 20.1 Å². The second-order valence-corrected chi connectivity index (χ2v) is 7.26. The number of ketones is 1. The van der Waals surface area contributed by atoms with Crippen molar-refractivity contribution in [3.8, 4) is 6.07 Å². The number of hydrogen-bond donors (Lipinski definition) is 1. The van der Waals surface area contributed by atoms with Crippen LogP contribution in [-0.2, 0) is 0 Å². The van der Waals surface area contributed by atoms with Gasteiger partial charge < -0.3 is 5.32 Å². The van der Waals surface area contributed by atoms with E-state index in [0.29, 0.717) is 10.6 Å². The number of benzene rings is 2. The predicted molar refractivity (Wildman–Crippen MR) is 106 cm³/mol. The minimum Gasteiger partial charge on any atom is -0.348 e. The largest absolute Gasteiger partial charge is 0.348 e. The molecule has 1 N–H and O–H groups in total. The topological polar surface area (TPSA) is 52.9 Å². The number of nitrogens with one attached hydrogen (secondary N) is 1. The van der Waals surface area contributed by atoms with Crippen LogP contribution in [0.4, 0.5) is 0 Å². The Kier molecular flexibility index (Phi) is 5.07. The van der Waals surface area contributed by atoms with Crippen LogP contribution in [0.25, 0.3) is 5.70 Å². The molecule has 2 aromatic carbocycles. The Morgan fingerprint density at radius 1 is 1.17 bits per heavy atom. The predicted octanol–water partition coefficient (Wildman–Crippen LogP) is 4.85. The van der Waals surface area contributed by atoms with Gasteiger partial charge in [-0.05, 0) is 47.2 Å². The summed E-state index contributed by atoms with van der Waals surface area (Å²) in [6.07, 6.45) is 0. The van der Waals surface area contributed by atoms with Gasteiger partial charge in [0.2, 0.25) is 5.78 Å². The highest BCUT2D eigenvalue weighted by molar-refractivity contribution is 14.1. The van der Waals surface area contributed by atoms with E-state index >= 15 is 0 Å². The number of nitriles is 1. The van der Waals surface area contributed by atoms with Gasteiger partial charge in [0.1, 0.15) is 11.6 Å². The summed E-state index contributed by atoms with van der Waals surface area (Å²) in [5.74, 6) is -0.253. The van der Waals surface area contributed by atoms with E-state index in [9.17, 15) is 10.1 Å². The lowest BCUT2D eigenvalue weighted by Gasteiger charge is -2.09. The van der Waals surface area contributed by atoms with Crippen LogP contribution in [-0.4, -0.2) is 5.78 Å². The second-order valence-electron chi connectivity index (χ2n) is 5.21. The maximum atomic E-state index is 12.7. The van der Waals surface area contributed by atoms with Crippen LogP contribution in [0.1, 0.15) is 21.5 Å². The van der Waals surface area contributed by atoms with Gasteiger partial charge in [0.05, 0.1) is 10.7 Å². The maximum Gasteiger partial charge on any atom is 0.207 e. The van der Waals surface area contributed by atoms with E-state index in [0.717, 1.165) is 20.4 Å². The summed E-state index contributed by atoms with van der Waals surface area (Å²) in [7, 11) is 0. The summed E-state index contributed by atoms with van der Waals surface area (Å²) in [5, 5.41) is 15.3. The van der Waals surface area contributed by atoms with Crippen molar-refractivity contribution in [2.75, 3.05) is 0 Å². The van der Waals surface area contributed by atoms with Gasteiger partial charge in [-0.25, -0.2) is 0 Å². The molecule has 0 aliphatic carbocycles. The molecule has 0 aromatic heterocycles. The lowest BCUT2D eigenvalue weighted by atomic mass is 10.0. The van der Waals surface area contributed by atoms with Crippen LogP contribution in [0.15, 0.2) is 64.5 Å². The average Bonchev–Trinajstić information content (AvgIpc) is 3.05. The molecule has 0 saturated carbocycles. The van der Waals surface area contributed by atoms with Crippen LogP contribution in [0.2, 0.25) is 0 Å². The van der Waals surface area contributed by atoms with E-state index in [2.05, 4.69) is 34.0 Å². The standard InChI is InChI=1S/C19H13IN2OS/c1-12-6-2-3-7-13(12)17-11-24-19(22-17)15(10-21)18(23)14-8-4-5-9-16(14)20/h2-9,11,22H,1H3. The molecule has 118 valence electrons. The SMILES string of the molecule is Cc1ccccc1C1=CSC(=C(C#N)C(=O)c2ccccc2I)N1. The molecule has 5 heteroatoms. The van der Waals surface area contributed by atoms with Gasteiger partial charge in [0.15, 0.2) is 0 Å². The van der Waals surface area contributed by atoms with Gasteiger partial charge in [-0.15, -0.1) is 0 Å². The van der Waals surface area contributed by atoms with Crippen molar-refractivity contribution in [3.63, 3.8) is 0 Å². The fourth-order valence-electron chi connectivity index (χ4n) is 2.41. The van der Waals surface area contributed by atoms with Crippen molar-refractivity contribution >= 4 is 45.8 Å². The zero-order valence-corrected chi connectivity index (χ0v) is 15.8. The molecular formula is C19H13IN2OS. The van der Waals surface area contributed by atoms with Crippen molar-refractivity contribution in [1.82, 2.24) is 5.32 Å². The van der Waals surface area contributed by atoms with Crippen molar-refractivity contribution in [2.24, 2.45) is 0 Å². The Balaban J connectivity index is 1.93. The Morgan fingerprint density at radius 3 is 2.58 bits per heavy atom. The minimum atomic E-state index is -0.253. The Hall–Kier alpha value is -2.04. The van der Waals surface area contributed by atoms with E-state index in [-0.39, 0.29) is 11.4 Å². The maximum absolute atomic E-state index is 12.7. The quantitative estimate of drug-likeness (QED) is 0.318. The average molecular weight is 444 g/mol. The number of allylic oxidation sites excluding steroid dienone is 1. The first-order valence-corrected chi connectivity index (χ1v) is 9.21. The smallest absolute Gasteiger partial charge is 0.207 e. The molecule has 0 saturated heterocycles. The Bertz CT molecular complexity index is 925. The van der Waals surface area contributed by atoms with E-state index in [1.165, 1.54) is 11.8 Å². The lowest BCUT2D eigenvalue weighted by Crippen LogP contribution is -2.13. The molecule has 0 bridgehead atoms. The van der Waals surface area contributed by atoms with Crippen molar-refractivity contribution in [3.05, 3.63) is 84.8 Å². The third-order valence-corrected chi connectivity index (χ3v) is 5.50. The Labute approximate surface area is 158 Å². The minimum absolute atomic E-state index is 0.143. The zero-order chi connectivity index (χ0) is 17.1. The summed E-state index contributed by atoms with van der Waals surface area (Å²) >= 11 is 3.49. The fourth-order valence-corrected chi connectivity index (χ4v) is 3.89. The van der Waals surface area contributed by atoms with E-state index < -0.39 is 0 Å². The summed E-state index contributed by atoms with van der Waals surface area (Å²) in [4.78, 5) is 12.7. The number of thioether (sulfide) groups is 1. The summed E-state index contributed by atoms with van der Waals surface area (Å²) in [6.45, 7) is 2.03. The number of carbonyl (C=O) groups is 1. The van der Waals surface area contributed by atoms with Crippen molar-refractivity contribution in [1.29, 1.82) is 5.26 Å². The third kappa shape index (κ3) is 3.25. The molecule has 0 radical (unpaired) electrons. The first-order valence-electron chi connectivity index (χ1n) is 7.25. The number of rotatable bonds is 3. The highest BCUT2D eigenvalue weighted by Gasteiger charge is 2.23. The second kappa shape index (κ2) is 7.24. The molecule has 0 fully saturated rings. The van der Waals surface area contributed by atoms with E-state index in [4.69, 9.17) is 0 Å². The molecule has 0 spiro atoms. The number of carbonyl (C=O) groups excluding carboxylic acids is 1. The first kappa shape index (κ1) is 16.8. The molecule has 24 heavy (non-hydrogen) atoms. The number of halogens is 1. The van der Waals surface area contributed by atoms with Crippen LogP contribution < -0.4 is 5.32 Å².